The Morgan fingerprint density at radius 3 is 1.52 bits per heavy atom. The van der Waals surface area contributed by atoms with Crippen LogP contribution in [0.25, 0.3) is 0 Å². The van der Waals surface area contributed by atoms with E-state index in [2.05, 4.69) is 93.3 Å². The van der Waals surface area contributed by atoms with Crippen LogP contribution in [0, 0.1) is 5.92 Å². The molecule has 0 aliphatic heterocycles. The largest absolute Gasteiger partial charge is 0.126 e. The van der Waals surface area contributed by atoms with E-state index in [9.17, 15) is 0 Å². The van der Waals surface area contributed by atoms with Crippen LogP contribution in [0.4, 0.5) is 0 Å². The van der Waals surface area contributed by atoms with Crippen molar-refractivity contribution in [2.45, 2.75) is 78.1 Å². The predicted octanol–water partition coefficient (Wildman–Crippen LogP) is 9.68. The van der Waals surface area contributed by atoms with Crippen LogP contribution in [-0.4, -0.2) is 5.88 Å². The first-order chi connectivity index (χ1) is 14.2. The van der Waals surface area contributed by atoms with E-state index in [1.54, 1.807) is 0 Å². The zero-order valence-electron chi connectivity index (χ0n) is 18.9. The van der Waals surface area contributed by atoms with Gasteiger partial charge in [0.15, 0.2) is 0 Å². The molecule has 0 amide bonds. The first-order valence-electron chi connectivity index (χ1n) is 11.3. The number of halogens is 1. The van der Waals surface area contributed by atoms with Crippen LogP contribution in [-0.2, 0) is 0 Å². The highest BCUT2D eigenvalue weighted by molar-refractivity contribution is 6.18. The molecule has 0 saturated carbocycles. The molecule has 0 aromatic carbocycles. The standard InChI is InChI=1S/C28H43Cl/c1-4-5-6-7-8-9-10-11-12-13-14-15-16-17-18-19-20-21-22-23-27(2)24-25-28(3)26-29/h5-6,8-9,11-12,14-15,17-18,20-21,28H,2,4,7,10,13,16,19,22-26H2,1,3H3/b6-5-,9-8-,12-11-,15-14-,18-17-,21-20-. The van der Waals surface area contributed by atoms with Crippen molar-refractivity contribution in [3.05, 3.63) is 85.1 Å². The highest BCUT2D eigenvalue weighted by Gasteiger charge is 2.00. The van der Waals surface area contributed by atoms with E-state index in [-0.39, 0.29) is 0 Å². The number of alkyl halides is 1. The maximum Gasteiger partial charge on any atom is 0.0249 e. The maximum absolute atomic E-state index is 5.84. The van der Waals surface area contributed by atoms with Crippen molar-refractivity contribution in [3.63, 3.8) is 0 Å². The molecule has 162 valence electrons. The third kappa shape index (κ3) is 22.6. The van der Waals surface area contributed by atoms with Gasteiger partial charge in [-0.15, -0.1) is 11.6 Å². The summed E-state index contributed by atoms with van der Waals surface area (Å²) < 4.78 is 0. The van der Waals surface area contributed by atoms with Gasteiger partial charge in [-0.05, 0) is 70.1 Å². The molecule has 0 heterocycles. The molecule has 0 nitrogen and oxygen atoms in total. The molecule has 0 aliphatic rings. The van der Waals surface area contributed by atoms with Crippen LogP contribution < -0.4 is 0 Å². The summed E-state index contributed by atoms with van der Waals surface area (Å²) in [5.74, 6) is 1.35. The van der Waals surface area contributed by atoms with Crippen molar-refractivity contribution >= 4 is 11.6 Å². The maximum atomic E-state index is 5.84. The van der Waals surface area contributed by atoms with Crippen LogP contribution in [0.15, 0.2) is 85.1 Å². The van der Waals surface area contributed by atoms with Gasteiger partial charge in [0, 0.05) is 5.88 Å². The van der Waals surface area contributed by atoms with E-state index in [1.165, 1.54) is 5.57 Å². The van der Waals surface area contributed by atoms with Gasteiger partial charge in [-0.1, -0.05) is 98.9 Å². The molecule has 0 aromatic heterocycles. The minimum Gasteiger partial charge on any atom is -0.126 e. The lowest BCUT2D eigenvalue weighted by Gasteiger charge is -2.08. The summed E-state index contributed by atoms with van der Waals surface area (Å²) in [6, 6.07) is 0. The molecule has 0 radical (unpaired) electrons. The molecule has 0 bridgehead atoms. The first-order valence-corrected chi connectivity index (χ1v) is 11.9. The molecule has 0 aliphatic carbocycles. The highest BCUT2D eigenvalue weighted by atomic mass is 35.5. The predicted molar refractivity (Wildman–Crippen MR) is 136 cm³/mol. The van der Waals surface area contributed by atoms with Gasteiger partial charge in [0.25, 0.3) is 0 Å². The Bertz CT molecular complexity index is 543. The third-order valence-electron chi connectivity index (χ3n) is 4.52. The second-order valence-corrected chi connectivity index (χ2v) is 7.81. The molecular formula is C28H43Cl. The van der Waals surface area contributed by atoms with Gasteiger partial charge in [0.05, 0.1) is 0 Å². The van der Waals surface area contributed by atoms with E-state index in [1.807, 2.05) is 0 Å². The van der Waals surface area contributed by atoms with Crippen molar-refractivity contribution in [2.75, 3.05) is 5.88 Å². The molecule has 0 spiro atoms. The average molecular weight is 415 g/mol. The van der Waals surface area contributed by atoms with Gasteiger partial charge >= 0.3 is 0 Å². The van der Waals surface area contributed by atoms with Crippen LogP contribution >= 0.6 is 11.6 Å². The quantitative estimate of drug-likeness (QED) is 0.154. The van der Waals surface area contributed by atoms with Crippen molar-refractivity contribution in [3.8, 4) is 0 Å². The molecule has 0 fully saturated rings. The topological polar surface area (TPSA) is 0 Å². The molecular weight excluding hydrogens is 372 g/mol. The lowest BCUT2D eigenvalue weighted by Crippen LogP contribution is -1.96. The summed E-state index contributed by atoms with van der Waals surface area (Å²) in [7, 11) is 0. The SMILES string of the molecule is C=C(CC/C=C\C/C=C\C/C=C\C/C=C\C/C=C\C/C=C\CC)CCC(C)CCl. The minimum absolute atomic E-state index is 0.597. The molecule has 0 aromatic rings. The summed E-state index contributed by atoms with van der Waals surface area (Å²) >= 11 is 5.84. The molecule has 0 N–H and O–H groups in total. The Morgan fingerprint density at radius 2 is 1.10 bits per heavy atom. The fourth-order valence-electron chi connectivity index (χ4n) is 2.58. The molecule has 0 saturated heterocycles. The smallest absolute Gasteiger partial charge is 0.0249 e. The Kier molecular flexibility index (Phi) is 21.6. The van der Waals surface area contributed by atoms with E-state index in [0.29, 0.717) is 5.92 Å². The summed E-state index contributed by atoms with van der Waals surface area (Å²) in [5, 5.41) is 0. The Balaban J connectivity index is 3.58. The Morgan fingerprint density at radius 1 is 0.690 bits per heavy atom. The molecule has 29 heavy (non-hydrogen) atoms. The van der Waals surface area contributed by atoms with Gasteiger partial charge in [0.1, 0.15) is 0 Å². The fraction of sp³-hybridized carbons (Fsp3) is 0.500. The van der Waals surface area contributed by atoms with Crippen molar-refractivity contribution < 1.29 is 0 Å². The van der Waals surface area contributed by atoms with Gasteiger partial charge in [-0.3, -0.25) is 0 Å². The molecule has 1 unspecified atom stereocenters. The average Bonchev–Trinajstić information content (AvgIpc) is 2.73. The van der Waals surface area contributed by atoms with Gasteiger partial charge in [-0.2, -0.15) is 0 Å². The first kappa shape index (κ1) is 27.5. The summed E-state index contributed by atoms with van der Waals surface area (Å²) in [6.45, 7) is 8.53. The Labute approximate surface area is 186 Å². The van der Waals surface area contributed by atoms with Crippen molar-refractivity contribution in [1.82, 2.24) is 0 Å². The van der Waals surface area contributed by atoms with Crippen molar-refractivity contribution in [1.29, 1.82) is 0 Å². The van der Waals surface area contributed by atoms with Crippen LogP contribution in [0.1, 0.15) is 78.1 Å². The number of hydrogen-bond acceptors (Lipinski definition) is 0. The van der Waals surface area contributed by atoms with E-state index < -0.39 is 0 Å². The second kappa shape index (κ2) is 22.8. The van der Waals surface area contributed by atoms with E-state index in [4.69, 9.17) is 11.6 Å². The molecule has 0 rings (SSSR count). The lowest BCUT2D eigenvalue weighted by molar-refractivity contribution is 0.584. The minimum atomic E-state index is 0.597. The van der Waals surface area contributed by atoms with E-state index in [0.717, 1.165) is 70.1 Å². The fourth-order valence-corrected chi connectivity index (χ4v) is 2.73. The zero-order valence-corrected chi connectivity index (χ0v) is 19.6. The monoisotopic (exact) mass is 414 g/mol. The van der Waals surface area contributed by atoms with Gasteiger partial charge in [-0.25, -0.2) is 0 Å². The lowest BCUT2D eigenvalue weighted by atomic mass is 10.0. The van der Waals surface area contributed by atoms with Crippen molar-refractivity contribution in [2.24, 2.45) is 5.92 Å². The third-order valence-corrected chi connectivity index (χ3v) is 5.04. The summed E-state index contributed by atoms with van der Waals surface area (Å²) in [6.07, 6.45) is 37.5. The van der Waals surface area contributed by atoms with Gasteiger partial charge in [0.2, 0.25) is 0 Å². The molecule has 1 atom stereocenters. The van der Waals surface area contributed by atoms with E-state index >= 15 is 0 Å². The van der Waals surface area contributed by atoms with Crippen LogP contribution in [0.3, 0.4) is 0 Å². The van der Waals surface area contributed by atoms with Crippen LogP contribution in [0.2, 0.25) is 0 Å². The number of allylic oxidation sites excluding steroid dienone is 13. The van der Waals surface area contributed by atoms with Gasteiger partial charge < -0.3 is 0 Å². The second-order valence-electron chi connectivity index (χ2n) is 7.50. The summed E-state index contributed by atoms with van der Waals surface area (Å²) in [5.41, 5.74) is 1.35. The molecule has 1 heteroatoms. The zero-order chi connectivity index (χ0) is 21.4. The number of rotatable bonds is 18. The number of hydrogen-bond donors (Lipinski definition) is 0. The highest BCUT2D eigenvalue weighted by Crippen LogP contribution is 2.16. The van der Waals surface area contributed by atoms with Crippen LogP contribution in [0.5, 0.6) is 0 Å². The summed E-state index contributed by atoms with van der Waals surface area (Å²) in [4.78, 5) is 0. The Hall–Kier alpha value is -1.53. The normalized spacial score (nSPS) is 14.0.